The van der Waals surface area contributed by atoms with Crippen LogP contribution in [0, 0.1) is 0 Å². The Morgan fingerprint density at radius 2 is 1.88 bits per heavy atom. The minimum absolute atomic E-state index is 0.0252. The predicted octanol–water partition coefficient (Wildman–Crippen LogP) is 1.80. The first-order valence-electron chi connectivity index (χ1n) is 10.8. The van der Waals surface area contributed by atoms with Gasteiger partial charge in [-0.05, 0) is 31.4 Å². The minimum atomic E-state index is -3.48. The second-order valence-electron chi connectivity index (χ2n) is 7.81. The summed E-state index contributed by atoms with van der Waals surface area (Å²) < 4.78 is 35.3. The number of ether oxygens (including phenoxy) is 2. The Balaban J connectivity index is 1.81. The zero-order valence-electron chi connectivity index (χ0n) is 19.1. The Bertz CT molecular complexity index is 1090. The maximum atomic E-state index is 13.0. The fourth-order valence-electron chi connectivity index (χ4n) is 3.47. The largest absolute Gasteiger partial charge is 0.392 e. The van der Waals surface area contributed by atoms with Gasteiger partial charge in [-0.3, -0.25) is 4.79 Å². The van der Waals surface area contributed by atoms with Crippen molar-refractivity contribution < 1.29 is 27.5 Å². The Hall–Kier alpha value is -3.09. The summed E-state index contributed by atoms with van der Waals surface area (Å²) >= 11 is 0. The molecule has 3 N–H and O–H groups in total. The van der Waals surface area contributed by atoms with Gasteiger partial charge in [0.15, 0.2) is 21.4 Å². The van der Waals surface area contributed by atoms with E-state index in [9.17, 15) is 13.2 Å². The highest BCUT2D eigenvalue weighted by Gasteiger charge is 2.27. The van der Waals surface area contributed by atoms with Gasteiger partial charge in [0, 0.05) is 32.8 Å². The molecule has 12 heteroatoms. The fourth-order valence-corrected chi connectivity index (χ4v) is 4.76. The maximum Gasteiger partial charge on any atom is 0.279 e. The number of nitrogen functional groups attached to an aromatic ring is 1. The number of carbonyl (C=O) groups is 1. The van der Waals surface area contributed by atoms with E-state index in [-0.39, 0.29) is 40.2 Å². The average molecular weight is 492 g/mol. The second kappa shape index (κ2) is 11.9. The lowest BCUT2D eigenvalue weighted by atomic mass is 10.1. The molecule has 1 aliphatic carbocycles. The SMILES string of the molecule is COCCCS(=O)(=O)c1ccc(C(=NO[C@@H]2CC[C@@H](OC)C2)C(=O)Nc2cnc(N)cn2)cc1. The first-order chi connectivity index (χ1) is 16.3. The molecule has 0 radical (unpaired) electrons. The molecule has 3 rings (SSSR count). The van der Waals surface area contributed by atoms with Gasteiger partial charge in [0.1, 0.15) is 11.9 Å². The standard InChI is InChI=1S/C22H29N5O6S/c1-31-10-3-11-34(29,30)18-8-4-15(5-9-18)21(27-33-17-7-6-16(12-17)32-2)22(28)26-20-14-24-19(23)13-25-20/h4-5,8-9,13-14,16-17H,3,6-7,10-12H2,1-2H3,(H2,23,24)(H,25,26,28)/t16-,17-/m1/s1. The van der Waals surface area contributed by atoms with Gasteiger partial charge in [-0.15, -0.1) is 0 Å². The quantitative estimate of drug-likeness (QED) is 0.272. The van der Waals surface area contributed by atoms with Crippen molar-refractivity contribution in [3.63, 3.8) is 0 Å². The van der Waals surface area contributed by atoms with Crippen molar-refractivity contribution in [1.82, 2.24) is 9.97 Å². The van der Waals surface area contributed by atoms with Crippen LogP contribution in [0.4, 0.5) is 11.6 Å². The van der Waals surface area contributed by atoms with Gasteiger partial charge in [-0.2, -0.15) is 0 Å². The fraction of sp³-hybridized carbons (Fsp3) is 0.455. The number of nitrogens with zero attached hydrogens (tertiary/aromatic N) is 3. The number of oxime groups is 1. The van der Waals surface area contributed by atoms with Crippen molar-refractivity contribution in [3.05, 3.63) is 42.2 Å². The summed E-state index contributed by atoms with van der Waals surface area (Å²) in [6.07, 6.45) is 5.17. The van der Waals surface area contributed by atoms with Crippen LogP contribution in [0.3, 0.4) is 0 Å². The number of amides is 1. The lowest BCUT2D eigenvalue weighted by molar-refractivity contribution is -0.110. The third kappa shape index (κ3) is 6.95. The van der Waals surface area contributed by atoms with Gasteiger partial charge in [-0.25, -0.2) is 18.4 Å². The third-order valence-corrected chi connectivity index (χ3v) is 7.16. The van der Waals surface area contributed by atoms with E-state index in [2.05, 4.69) is 20.4 Å². The summed E-state index contributed by atoms with van der Waals surface area (Å²) in [6, 6.07) is 5.93. The number of rotatable bonds is 11. The first kappa shape index (κ1) is 25.5. The molecule has 0 bridgehead atoms. The topological polar surface area (TPSA) is 155 Å². The number of nitrogens with one attached hydrogen (secondary N) is 1. The Labute approximate surface area is 198 Å². The molecule has 1 amide bonds. The van der Waals surface area contributed by atoms with Crippen LogP contribution in [0.1, 0.15) is 31.2 Å². The van der Waals surface area contributed by atoms with Crippen molar-refractivity contribution in [2.45, 2.75) is 42.8 Å². The molecule has 2 aromatic rings. The van der Waals surface area contributed by atoms with E-state index in [0.717, 1.165) is 12.8 Å². The number of carbonyl (C=O) groups excluding carboxylic acids is 1. The summed E-state index contributed by atoms with van der Waals surface area (Å²) in [6.45, 7) is 0.352. The average Bonchev–Trinajstić information content (AvgIpc) is 3.29. The van der Waals surface area contributed by atoms with E-state index < -0.39 is 15.7 Å². The summed E-state index contributed by atoms with van der Waals surface area (Å²) in [5, 5.41) is 6.73. The minimum Gasteiger partial charge on any atom is -0.392 e. The van der Waals surface area contributed by atoms with Gasteiger partial charge >= 0.3 is 0 Å². The monoisotopic (exact) mass is 491 g/mol. The van der Waals surface area contributed by atoms with Gasteiger partial charge < -0.3 is 25.4 Å². The highest BCUT2D eigenvalue weighted by Crippen LogP contribution is 2.24. The molecule has 34 heavy (non-hydrogen) atoms. The number of benzene rings is 1. The van der Waals surface area contributed by atoms with Gasteiger partial charge in [0.25, 0.3) is 5.91 Å². The van der Waals surface area contributed by atoms with Crippen molar-refractivity contribution in [3.8, 4) is 0 Å². The molecular weight excluding hydrogens is 462 g/mol. The van der Waals surface area contributed by atoms with Crippen molar-refractivity contribution in [1.29, 1.82) is 0 Å². The van der Waals surface area contributed by atoms with Crippen LogP contribution in [0.25, 0.3) is 0 Å². The van der Waals surface area contributed by atoms with Gasteiger partial charge in [0.2, 0.25) is 0 Å². The van der Waals surface area contributed by atoms with E-state index in [0.29, 0.717) is 25.0 Å². The van der Waals surface area contributed by atoms with E-state index >= 15 is 0 Å². The van der Waals surface area contributed by atoms with E-state index in [1.165, 1.54) is 43.8 Å². The zero-order valence-corrected chi connectivity index (χ0v) is 20.0. The molecule has 0 aliphatic heterocycles. The number of nitrogens with two attached hydrogens (primary N) is 1. The molecule has 1 aromatic heterocycles. The highest BCUT2D eigenvalue weighted by molar-refractivity contribution is 7.91. The number of methoxy groups -OCH3 is 2. The van der Waals surface area contributed by atoms with Gasteiger partial charge in [0.05, 0.1) is 29.1 Å². The highest BCUT2D eigenvalue weighted by atomic mass is 32.2. The van der Waals surface area contributed by atoms with Crippen LogP contribution in [-0.4, -0.2) is 68.8 Å². The summed E-state index contributed by atoms with van der Waals surface area (Å²) in [5.41, 5.74) is 5.90. The molecule has 0 spiro atoms. The molecule has 2 atom stereocenters. The lowest BCUT2D eigenvalue weighted by Crippen LogP contribution is -2.25. The second-order valence-corrected chi connectivity index (χ2v) is 9.92. The number of anilines is 2. The Morgan fingerprint density at radius 3 is 2.50 bits per heavy atom. The van der Waals surface area contributed by atoms with E-state index in [4.69, 9.17) is 20.0 Å². The van der Waals surface area contributed by atoms with Gasteiger partial charge in [-0.1, -0.05) is 17.3 Å². The van der Waals surface area contributed by atoms with Crippen molar-refractivity contribution >= 4 is 33.1 Å². The number of hydrogen-bond donors (Lipinski definition) is 2. The molecule has 1 aromatic carbocycles. The zero-order chi connectivity index (χ0) is 24.6. The Morgan fingerprint density at radius 1 is 1.15 bits per heavy atom. The van der Waals surface area contributed by atoms with Crippen LogP contribution in [0.5, 0.6) is 0 Å². The molecule has 1 fully saturated rings. The molecule has 11 nitrogen and oxygen atoms in total. The molecule has 0 saturated heterocycles. The van der Waals surface area contributed by atoms with Crippen LogP contribution < -0.4 is 11.1 Å². The predicted molar refractivity (Wildman–Crippen MR) is 126 cm³/mol. The Kier molecular flexibility index (Phi) is 8.91. The molecule has 1 saturated carbocycles. The van der Waals surface area contributed by atoms with Crippen molar-refractivity contribution in [2.75, 3.05) is 37.6 Å². The molecule has 0 unspecified atom stereocenters. The lowest BCUT2D eigenvalue weighted by Gasteiger charge is -2.12. The number of hydrogen-bond acceptors (Lipinski definition) is 10. The smallest absolute Gasteiger partial charge is 0.279 e. The summed E-state index contributed by atoms with van der Waals surface area (Å²) in [5.74, 6) is -0.227. The number of aromatic nitrogens is 2. The molecule has 1 aliphatic rings. The maximum absolute atomic E-state index is 13.0. The first-order valence-corrected chi connectivity index (χ1v) is 12.4. The van der Waals surface area contributed by atoms with Crippen LogP contribution in [0.2, 0.25) is 0 Å². The van der Waals surface area contributed by atoms with Crippen LogP contribution in [-0.2, 0) is 28.9 Å². The molecule has 1 heterocycles. The van der Waals surface area contributed by atoms with Crippen molar-refractivity contribution in [2.24, 2.45) is 5.16 Å². The molecule has 184 valence electrons. The number of sulfone groups is 1. The molecular formula is C22H29N5O6S. The third-order valence-electron chi connectivity index (χ3n) is 5.34. The summed E-state index contributed by atoms with van der Waals surface area (Å²) in [4.78, 5) is 26.7. The van der Waals surface area contributed by atoms with Crippen LogP contribution >= 0.6 is 0 Å². The van der Waals surface area contributed by atoms with E-state index in [1.54, 1.807) is 7.11 Å². The summed E-state index contributed by atoms with van der Waals surface area (Å²) in [7, 11) is -0.311. The van der Waals surface area contributed by atoms with E-state index in [1.807, 2.05) is 0 Å². The van der Waals surface area contributed by atoms with Crippen LogP contribution in [0.15, 0.2) is 46.7 Å². The normalized spacial score (nSPS) is 18.6.